The summed E-state index contributed by atoms with van der Waals surface area (Å²) in [5, 5.41) is 8.43. The average molecular weight is 384 g/mol. The van der Waals surface area contributed by atoms with Gasteiger partial charge in [-0.15, -0.1) is 0 Å². The van der Waals surface area contributed by atoms with Gasteiger partial charge in [-0.05, 0) is 31.2 Å². The number of aliphatic carboxylic acids is 1. The van der Waals surface area contributed by atoms with Crippen molar-refractivity contribution in [1.29, 1.82) is 0 Å². The Kier molecular flexibility index (Phi) is 16.3. The largest absolute Gasteiger partial charge is 0.481 e. The summed E-state index contributed by atoms with van der Waals surface area (Å²) < 4.78 is 10.8. The molecule has 0 aliphatic heterocycles. The van der Waals surface area contributed by atoms with Crippen LogP contribution < -0.4 is 0 Å². The monoisotopic (exact) mass is 384 g/mol. The van der Waals surface area contributed by atoms with E-state index in [-0.39, 0.29) is 27.2 Å². The second kappa shape index (κ2) is 17.1. The Labute approximate surface area is 159 Å². The molecule has 1 aromatic rings. The van der Waals surface area contributed by atoms with Crippen LogP contribution in [0.5, 0.6) is 0 Å². The predicted octanol–water partition coefficient (Wildman–Crippen LogP) is 4.69. The summed E-state index contributed by atoms with van der Waals surface area (Å²) in [5.41, 5.74) is 1.36. The number of benzene rings is 1. The first-order chi connectivity index (χ1) is 12.5. The number of carbonyl (C=O) groups excluding carboxylic acids is 1. The first-order valence-corrected chi connectivity index (χ1v) is 10.3. The van der Waals surface area contributed by atoms with Crippen molar-refractivity contribution in [2.45, 2.75) is 59.2 Å². The fourth-order valence-electron chi connectivity index (χ4n) is 1.98. The Hall–Kier alpha value is -1.29. The van der Waals surface area contributed by atoms with E-state index < -0.39 is 5.97 Å². The lowest BCUT2D eigenvalue weighted by molar-refractivity contribution is -0.134. The molecule has 0 bridgehead atoms. The Morgan fingerprint density at radius 2 is 1.92 bits per heavy atom. The highest BCUT2D eigenvalue weighted by Crippen LogP contribution is 2.20. The number of ether oxygens (including phenoxy) is 1. The quantitative estimate of drug-likeness (QED) is 0.231. The van der Waals surface area contributed by atoms with E-state index in [1.165, 1.54) is 5.56 Å². The van der Waals surface area contributed by atoms with Gasteiger partial charge >= 0.3 is 5.97 Å². The van der Waals surface area contributed by atoms with Crippen LogP contribution >= 0.6 is 8.81 Å². The van der Waals surface area contributed by atoms with Crippen LogP contribution in [0.25, 0.3) is 0 Å². The molecule has 0 saturated carbocycles. The van der Waals surface area contributed by atoms with Crippen LogP contribution in [0.1, 0.15) is 52.0 Å². The van der Waals surface area contributed by atoms with E-state index in [1.54, 1.807) is 0 Å². The molecule has 0 heterocycles. The fourth-order valence-corrected chi connectivity index (χ4v) is 2.69. The molecule has 0 radical (unpaired) electrons. The van der Waals surface area contributed by atoms with Crippen molar-refractivity contribution in [3.63, 3.8) is 0 Å². The van der Waals surface area contributed by atoms with Crippen molar-refractivity contribution in [3.05, 3.63) is 35.9 Å². The van der Waals surface area contributed by atoms with Crippen LogP contribution in [0.3, 0.4) is 0 Å². The van der Waals surface area contributed by atoms with Crippen molar-refractivity contribution in [2.75, 3.05) is 12.8 Å². The molecular weight excluding hydrogens is 351 g/mol. The van der Waals surface area contributed by atoms with Crippen molar-refractivity contribution < 1.29 is 24.0 Å². The Bertz CT molecular complexity index is 465. The standard InChI is InChI=1S/C11H14O.C9H19O4P/c12-10-6-2-5-9-11-7-3-1-4-8-11;1-4-5-12-9(7(2)3)13-14-6-8(10)11/h1,3-4,7-8,10H,2,5-6,9H2;7,9,14H,4-6H2,1-3H3,(H,10,11). The maximum Gasteiger partial charge on any atom is 0.309 e. The number of hydrogen-bond donors (Lipinski definition) is 1. The molecule has 5 nitrogen and oxygen atoms in total. The van der Waals surface area contributed by atoms with Crippen molar-refractivity contribution >= 4 is 21.1 Å². The lowest BCUT2D eigenvalue weighted by atomic mass is 10.1. The highest BCUT2D eigenvalue weighted by atomic mass is 31.1. The third-order valence-electron chi connectivity index (χ3n) is 3.33. The number of carbonyl (C=O) groups is 2. The summed E-state index contributed by atoms with van der Waals surface area (Å²) in [5.74, 6) is -0.579. The third-order valence-corrected chi connectivity index (χ3v) is 4.18. The number of carboxylic acids is 1. The summed E-state index contributed by atoms with van der Waals surface area (Å²) in [6, 6.07) is 10.4. The first kappa shape index (κ1) is 24.7. The van der Waals surface area contributed by atoms with E-state index in [0.29, 0.717) is 13.0 Å². The molecule has 1 aromatic carbocycles. The zero-order chi connectivity index (χ0) is 19.6. The lowest BCUT2D eigenvalue weighted by Crippen LogP contribution is -2.21. The van der Waals surface area contributed by atoms with E-state index in [1.807, 2.05) is 26.8 Å². The van der Waals surface area contributed by atoms with E-state index in [0.717, 1.165) is 32.0 Å². The van der Waals surface area contributed by atoms with Crippen molar-refractivity contribution in [2.24, 2.45) is 5.92 Å². The van der Waals surface area contributed by atoms with E-state index >= 15 is 0 Å². The van der Waals surface area contributed by atoms with E-state index in [4.69, 9.17) is 14.4 Å². The first-order valence-electron chi connectivity index (χ1n) is 9.20. The minimum atomic E-state index is -0.832. The van der Waals surface area contributed by atoms with Crippen LogP contribution in [0.2, 0.25) is 0 Å². The van der Waals surface area contributed by atoms with Crippen LogP contribution in [-0.2, 0) is 25.3 Å². The van der Waals surface area contributed by atoms with Gasteiger partial charge in [0, 0.05) is 27.8 Å². The zero-order valence-corrected chi connectivity index (χ0v) is 17.1. The van der Waals surface area contributed by atoms with Gasteiger partial charge in [-0.3, -0.25) is 4.79 Å². The third kappa shape index (κ3) is 15.0. The topological polar surface area (TPSA) is 72.8 Å². The normalized spacial score (nSPS) is 12.0. The minimum absolute atomic E-state index is 0.0276. The SMILES string of the molecule is CCCOC(OPCC(=O)O)C(C)C.O=CCCCCc1ccccc1. The summed E-state index contributed by atoms with van der Waals surface area (Å²) in [7, 11) is -0.0276. The molecule has 0 aliphatic rings. The molecule has 0 amide bonds. The average Bonchev–Trinajstić information content (AvgIpc) is 2.62. The van der Waals surface area contributed by atoms with Crippen LogP contribution in [0, 0.1) is 5.92 Å². The van der Waals surface area contributed by atoms with Crippen molar-refractivity contribution in [3.8, 4) is 0 Å². The summed E-state index contributed by atoms with van der Waals surface area (Å²) in [4.78, 5) is 20.3. The Balaban J connectivity index is 0.000000485. The molecular formula is C20H33O5P. The minimum Gasteiger partial charge on any atom is -0.481 e. The van der Waals surface area contributed by atoms with Gasteiger partial charge in [0.1, 0.15) is 6.29 Å². The van der Waals surface area contributed by atoms with Gasteiger partial charge in [0.2, 0.25) is 0 Å². The maximum absolute atomic E-state index is 10.3. The molecule has 0 aromatic heterocycles. The maximum atomic E-state index is 10.3. The summed E-state index contributed by atoms with van der Waals surface area (Å²) >= 11 is 0. The van der Waals surface area contributed by atoms with Gasteiger partial charge in [-0.1, -0.05) is 51.1 Å². The lowest BCUT2D eigenvalue weighted by Gasteiger charge is -2.20. The van der Waals surface area contributed by atoms with Gasteiger partial charge in [0.05, 0.1) is 6.16 Å². The number of rotatable bonds is 13. The molecule has 1 rings (SSSR count). The van der Waals surface area contributed by atoms with Gasteiger partial charge in [-0.2, -0.15) is 0 Å². The Morgan fingerprint density at radius 1 is 1.23 bits per heavy atom. The molecule has 2 atom stereocenters. The molecule has 1 N–H and O–H groups in total. The number of unbranched alkanes of at least 4 members (excludes halogenated alkanes) is 2. The van der Waals surface area contributed by atoms with Gasteiger partial charge in [-0.25, -0.2) is 0 Å². The van der Waals surface area contributed by atoms with Crippen LogP contribution in [0.4, 0.5) is 0 Å². The number of aldehydes is 1. The molecule has 6 heteroatoms. The van der Waals surface area contributed by atoms with Gasteiger partial charge < -0.3 is 19.2 Å². The summed E-state index contributed by atoms with van der Waals surface area (Å²) in [6.45, 7) is 6.66. The number of aryl methyl sites for hydroxylation is 1. The van der Waals surface area contributed by atoms with Gasteiger partial charge in [0.25, 0.3) is 0 Å². The van der Waals surface area contributed by atoms with Crippen LogP contribution in [-0.4, -0.2) is 36.4 Å². The zero-order valence-electron chi connectivity index (χ0n) is 16.1. The molecule has 0 saturated heterocycles. The smallest absolute Gasteiger partial charge is 0.309 e. The van der Waals surface area contributed by atoms with Crippen molar-refractivity contribution in [1.82, 2.24) is 0 Å². The fraction of sp³-hybridized carbons (Fsp3) is 0.600. The second-order valence-electron chi connectivity index (χ2n) is 6.21. The molecule has 2 unspecified atom stereocenters. The molecule has 148 valence electrons. The Morgan fingerprint density at radius 3 is 2.46 bits per heavy atom. The van der Waals surface area contributed by atoms with Crippen LogP contribution in [0.15, 0.2) is 30.3 Å². The predicted molar refractivity (Wildman–Crippen MR) is 107 cm³/mol. The van der Waals surface area contributed by atoms with E-state index in [9.17, 15) is 9.59 Å². The molecule has 0 fully saturated rings. The molecule has 0 spiro atoms. The molecule has 0 aliphatic carbocycles. The highest BCUT2D eigenvalue weighted by Gasteiger charge is 2.14. The summed E-state index contributed by atoms with van der Waals surface area (Å²) in [6.07, 6.45) is 5.63. The van der Waals surface area contributed by atoms with Gasteiger partial charge in [0.15, 0.2) is 6.29 Å². The highest BCUT2D eigenvalue weighted by molar-refractivity contribution is 7.33. The number of hydrogen-bond acceptors (Lipinski definition) is 4. The molecule has 26 heavy (non-hydrogen) atoms. The second-order valence-corrected chi connectivity index (χ2v) is 7.09. The van der Waals surface area contributed by atoms with E-state index in [2.05, 4.69) is 24.3 Å². The number of carboxylic acid groups (broad SMARTS) is 1.